The summed E-state index contributed by atoms with van der Waals surface area (Å²) in [5, 5.41) is 12.8. The van der Waals surface area contributed by atoms with Crippen LogP contribution in [0.1, 0.15) is 33.6 Å². The molecule has 1 saturated heterocycles. The lowest BCUT2D eigenvalue weighted by molar-refractivity contribution is -0.112. The second kappa shape index (κ2) is 4.04. The minimum absolute atomic E-state index is 0.198. The molecular weight excluding hydrogens is 190 g/mol. The maximum absolute atomic E-state index is 9.21. The van der Waals surface area contributed by atoms with E-state index >= 15 is 0 Å². The third-order valence-corrected chi connectivity index (χ3v) is 4.03. The fraction of sp³-hybridized carbons (Fsp3) is 1.00. The first kappa shape index (κ1) is 11.4. The molecule has 1 saturated carbocycles. The second-order valence-electron chi connectivity index (χ2n) is 5.63. The summed E-state index contributed by atoms with van der Waals surface area (Å²) in [5.41, 5.74) is 0.264. The van der Waals surface area contributed by atoms with Crippen LogP contribution in [0.25, 0.3) is 0 Å². The molecule has 88 valence electrons. The van der Waals surface area contributed by atoms with E-state index in [1.807, 2.05) is 6.92 Å². The lowest BCUT2D eigenvalue weighted by Gasteiger charge is -2.55. The number of fused-ring (bicyclic) bond motifs is 1. The first-order valence-electron chi connectivity index (χ1n) is 6.06. The smallest absolute Gasteiger partial charge is 0.0685 e. The molecule has 1 aliphatic carbocycles. The van der Waals surface area contributed by atoms with E-state index in [-0.39, 0.29) is 11.5 Å². The van der Waals surface area contributed by atoms with Crippen LogP contribution >= 0.6 is 0 Å². The molecule has 2 fully saturated rings. The molecule has 0 aromatic rings. The first-order chi connectivity index (χ1) is 7.03. The highest BCUT2D eigenvalue weighted by Crippen LogP contribution is 2.51. The van der Waals surface area contributed by atoms with Crippen LogP contribution in [0.3, 0.4) is 0 Å². The van der Waals surface area contributed by atoms with Crippen molar-refractivity contribution in [3.05, 3.63) is 0 Å². The normalized spacial score (nSPS) is 39.6. The van der Waals surface area contributed by atoms with Crippen molar-refractivity contribution in [3.63, 3.8) is 0 Å². The Labute approximate surface area is 92.2 Å². The standard InChI is InChI=1S/C12H23NO2/c1-8(14)4-6-13-10-9-5-7-15-11(9)12(10,2)3/h8-11,13-14H,4-7H2,1-3H3. The van der Waals surface area contributed by atoms with Crippen LogP contribution < -0.4 is 5.32 Å². The van der Waals surface area contributed by atoms with Gasteiger partial charge in [-0.25, -0.2) is 0 Å². The fourth-order valence-corrected chi connectivity index (χ4v) is 3.19. The van der Waals surface area contributed by atoms with Gasteiger partial charge in [0.1, 0.15) is 0 Å². The third-order valence-electron chi connectivity index (χ3n) is 4.03. The van der Waals surface area contributed by atoms with E-state index < -0.39 is 0 Å². The van der Waals surface area contributed by atoms with Gasteiger partial charge in [0, 0.05) is 24.0 Å². The number of rotatable bonds is 4. The monoisotopic (exact) mass is 213 g/mol. The number of nitrogens with one attached hydrogen (secondary N) is 1. The number of aliphatic hydroxyl groups excluding tert-OH is 1. The zero-order chi connectivity index (χ0) is 11.1. The number of aliphatic hydroxyl groups is 1. The predicted octanol–water partition coefficient (Wildman–Crippen LogP) is 1.16. The Morgan fingerprint density at radius 2 is 2.27 bits per heavy atom. The number of hydrogen-bond acceptors (Lipinski definition) is 3. The van der Waals surface area contributed by atoms with Crippen molar-refractivity contribution in [2.45, 2.75) is 51.9 Å². The van der Waals surface area contributed by atoms with E-state index in [4.69, 9.17) is 4.74 Å². The Bertz CT molecular complexity index is 228. The minimum Gasteiger partial charge on any atom is -0.393 e. The van der Waals surface area contributed by atoms with E-state index in [1.165, 1.54) is 6.42 Å². The van der Waals surface area contributed by atoms with Crippen molar-refractivity contribution in [1.29, 1.82) is 0 Å². The van der Waals surface area contributed by atoms with E-state index in [1.54, 1.807) is 0 Å². The number of hydrogen-bond donors (Lipinski definition) is 2. The van der Waals surface area contributed by atoms with Crippen LogP contribution in [0.15, 0.2) is 0 Å². The summed E-state index contributed by atoms with van der Waals surface area (Å²) in [6, 6.07) is 0.573. The van der Waals surface area contributed by atoms with Crippen LogP contribution in [-0.2, 0) is 4.74 Å². The summed E-state index contributed by atoms with van der Waals surface area (Å²) < 4.78 is 5.74. The van der Waals surface area contributed by atoms with Gasteiger partial charge in [0.15, 0.2) is 0 Å². The van der Waals surface area contributed by atoms with Gasteiger partial charge >= 0.3 is 0 Å². The molecule has 1 aliphatic heterocycles. The molecule has 4 unspecified atom stereocenters. The minimum atomic E-state index is -0.198. The van der Waals surface area contributed by atoms with E-state index in [2.05, 4.69) is 19.2 Å². The van der Waals surface area contributed by atoms with Crippen LogP contribution in [0.2, 0.25) is 0 Å². The summed E-state index contributed by atoms with van der Waals surface area (Å²) >= 11 is 0. The molecule has 2 rings (SSSR count). The van der Waals surface area contributed by atoms with Gasteiger partial charge < -0.3 is 15.2 Å². The topological polar surface area (TPSA) is 41.5 Å². The zero-order valence-electron chi connectivity index (χ0n) is 9.99. The maximum atomic E-state index is 9.21. The van der Waals surface area contributed by atoms with Crippen molar-refractivity contribution >= 4 is 0 Å². The van der Waals surface area contributed by atoms with Crippen LogP contribution in [0.5, 0.6) is 0 Å². The van der Waals surface area contributed by atoms with Gasteiger partial charge in [0.05, 0.1) is 12.2 Å². The molecule has 0 radical (unpaired) electrons. The van der Waals surface area contributed by atoms with Crippen LogP contribution in [0.4, 0.5) is 0 Å². The molecular formula is C12H23NO2. The van der Waals surface area contributed by atoms with Gasteiger partial charge in [-0.2, -0.15) is 0 Å². The molecule has 15 heavy (non-hydrogen) atoms. The molecule has 2 aliphatic rings. The van der Waals surface area contributed by atoms with E-state index in [0.717, 1.165) is 19.6 Å². The molecule has 4 atom stereocenters. The predicted molar refractivity (Wildman–Crippen MR) is 59.7 cm³/mol. The summed E-state index contributed by atoms with van der Waals surface area (Å²) in [6.45, 7) is 8.23. The molecule has 0 amide bonds. The lowest BCUT2D eigenvalue weighted by Crippen LogP contribution is -2.65. The summed E-state index contributed by atoms with van der Waals surface area (Å²) in [7, 11) is 0. The molecule has 0 aromatic heterocycles. The molecule has 3 heteroatoms. The number of ether oxygens (including phenoxy) is 1. The Morgan fingerprint density at radius 3 is 2.93 bits per heavy atom. The van der Waals surface area contributed by atoms with Gasteiger partial charge in [-0.05, 0) is 26.3 Å². The zero-order valence-corrected chi connectivity index (χ0v) is 9.99. The molecule has 0 aromatic carbocycles. The maximum Gasteiger partial charge on any atom is 0.0685 e. The summed E-state index contributed by atoms with van der Waals surface area (Å²) in [6.07, 6.45) is 2.29. The van der Waals surface area contributed by atoms with Crippen LogP contribution in [0, 0.1) is 11.3 Å². The Balaban J connectivity index is 1.82. The SMILES string of the molecule is CC(O)CCNC1C2CCOC2C1(C)C. The average molecular weight is 213 g/mol. The highest BCUT2D eigenvalue weighted by Gasteiger charge is 2.58. The van der Waals surface area contributed by atoms with Gasteiger partial charge in [-0.15, -0.1) is 0 Å². The second-order valence-corrected chi connectivity index (χ2v) is 5.63. The quantitative estimate of drug-likeness (QED) is 0.736. The first-order valence-corrected chi connectivity index (χ1v) is 6.06. The summed E-state index contributed by atoms with van der Waals surface area (Å²) in [4.78, 5) is 0. The molecule has 0 spiro atoms. The average Bonchev–Trinajstić information content (AvgIpc) is 2.58. The van der Waals surface area contributed by atoms with Gasteiger partial charge in [-0.1, -0.05) is 13.8 Å². The van der Waals surface area contributed by atoms with Crippen molar-refractivity contribution in [3.8, 4) is 0 Å². The van der Waals surface area contributed by atoms with E-state index in [0.29, 0.717) is 18.1 Å². The lowest BCUT2D eigenvalue weighted by atomic mass is 9.57. The van der Waals surface area contributed by atoms with Gasteiger partial charge in [-0.3, -0.25) is 0 Å². The molecule has 0 bridgehead atoms. The van der Waals surface area contributed by atoms with Crippen LogP contribution in [-0.4, -0.2) is 36.5 Å². The van der Waals surface area contributed by atoms with Crippen molar-refractivity contribution in [1.82, 2.24) is 5.32 Å². The highest BCUT2D eigenvalue weighted by atomic mass is 16.5. The summed E-state index contributed by atoms with van der Waals surface area (Å²) in [5.74, 6) is 0.703. The molecule has 3 nitrogen and oxygen atoms in total. The van der Waals surface area contributed by atoms with Gasteiger partial charge in [0.25, 0.3) is 0 Å². The Kier molecular flexibility index (Phi) is 3.06. The Morgan fingerprint density at radius 1 is 1.53 bits per heavy atom. The third kappa shape index (κ3) is 1.93. The van der Waals surface area contributed by atoms with Gasteiger partial charge in [0.2, 0.25) is 0 Å². The fourth-order valence-electron chi connectivity index (χ4n) is 3.19. The largest absolute Gasteiger partial charge is 0.393 e. The van der Waals surface area contributed by atoms with Crippen molar-refractivity contribution in [2.75, 3.05) is 13.2 Å². The van der Waals surface area contributed by atoms with Crippen molar-refractivity contribution in [2.24, 2.45) is 11.3 Å². The highest BCUT2D eigenvalue weighted by molar-refractivity contribution is 5.11. The Hall–Kier alpha value is -0.120. The van der Waals surface area contributed by atoms with E-state index in [9.17, 15) is 5.11 Å². The molecule has 2 N–H and O–H groups in total. The van der Waals surface area contributed by atoms with Crippen molar-refractivity contribution < 1.29 is 9.84 Å². The molecule has 1 heterocycles.